The third kappa shape index (κ3) is 4.48. The number of para-hydroxylation sites is 1. The molecule has 0 amide bonds. The number of hydrogen-bond acceptors (Lipinski definition) is 5. The monoisotopic (exact) mass is 360 g/mol. The second-order valence-corrected chi connectivity index (χ2v) is 7.17. The lowest BCUT2D eigenvalue weighted by Crippen LogP contribution is -2.12. The standard InChI is InChI=1S/C19H21ClN2O3/c1-11(2)9-17(23)24-15-10-16(20)21-22-19(15)25-18-12(3)5-4-6-14(18)13-7-8-13/h4-6,10-11,13H,7-9H2,1-3H3. The van der Waals surface area contributed by atoms with Gasteiger partial charge in [-0.2, -0.15) is 0 Å². The Morgan fingerprint density at radius 3 is 2.76 bits per heavy atom. The van der Waals surface area contributed by atoms with Crippen LogP contribution in [0.5, 0.6) is 17.4 Å². The van der Waals surface area contributed by atoms with E-state index in [9.17, 15) is 4.79 Å². The molecule has 0 atom stereocenters. The minimum Gasteiger partial charge on any atom is -0.434 e. The minimum atomic E-state index is -0.351. The summed E-state index contributed by atoms with van der Waals surface area (Å²) in [5.74, 6) is 1.45. The Hall–Kier alpha value is -2.14. The fourth-order valence-electron chi connectivity index (χ4n) is 2.61. The van der Waals surface area contributed by atoms with Gasteiger partial charge in [-0.3, -0.25) is 4.79 Å². The Labute approximate surface area is 152 Å². The maximum atomic E-state index is 12.0. The molecule has 0 saturated heterocycles. The highest BCUT2D eigenvalue weighted by Crippen LogP contribution is 2.46. The number of aryl methyl sites for hydroxylation is 1. The Balaban J connectivity index is 1.89. The first kappa shape index (κ1) is 17.7. The fraction of sp³-hybridized carbons (Fsp3) is 0.421. The zero-order chi connectivity index (χ0) is 18.0. The van der Waals surface area contributed by atoms with Gasteiger partial charge in [-0.25, -0.2) is 0 Å². The average Bonchev–Trinajstić information content (AvgIpc) is 3.35. The molecule has 132 valence electrons. The molecule has 0 N–H and O–H groups in total. The topological polar surface area (TPSA) is 61.3 Å². The van der Waals surface area contributed by atoms with Crippen LogP contribution in [0.25, 0.3) is 0 Å². The van der Waals surface area contributed by atoms with Crippen molar-refractivity contribution in [3.63, 3.8) is 0 Å². The first-order chi connectivity index (χ1) is 11.9. The number of carbonyl (C=O) groups excluding carboxylic acids is 1. The summed E-state index contributed by atoms with van der Waals surface area (Å²) in [5.41, 5.74) is 2.15. The van der Waals surface area contributed by atoms with E-state index < -0.39 is 0 Å². The van der Waals surface area contributed by atoms with Crippen LogP contribution in [-0.2, 0) is 4.79 Å². The molecule has 0 unspecified atom stereocenters. The van der Waals surface area contributed by atoms with Gasteiger partial charge in [0.1, 0.15) is 5.75 Å². The lowest BCUT2D eigenvalue weighted by atomic mass is 10.1. The van der Waals surface area contributed by atoms with Crippen molar-refractivity contribution in [3.05, 3.63) is 40.5 Å². The quantitative estimate of drug-likeness (QED) is 0.674. The van der Waals surface area contributed by atoms with Crippen LogP contribution in [0.2, 0.25) is 5.15 Å². The van der Waals surface area contributed by atoms with Gasteiger partial charge in [-0.1, -0.05) is 43.6 Å². The van der Waals surface area contributed by atoms with Crippen LogP contribution in [0.1, 0.15) is 50.2 Å². The zero-order valence-corrected chi connectivity index (χ0v) is 15.3. The van der Waals surface area contributed by atoms with E-state index in [1.165, 1.54) is 6.07 Å². The molecule has 25 heavy (non-hydrogen) atoms. The average molecular weight is 361 g/mol. The molecule has 1 heterocycles. The first-order valence-electron chi connectivity index (χ1n) is 8.45. The Kier molecular flexibility index (Phi) is 5.23. The molecule has 0 spiro atoms. The van der Waals surface area contributed by atoms with Crippen molar-refractivity contribution >= 4 is 17.6 Å². The van der Waals surface area contributed by atoms with Crippen LogP contribution in [-0.4, -0.2) is 16.2 Å². The molecule has 1 aromatic heterocycles. The van der Waals surface area contributed by atoms with Crippen LogP contribution in [0, 0.1) is 12.8 Å². The summed E-state index contributed by atoms with van der Waals surface area (Å²) in [7, 11) is 0. The van der Waals surface area contributed by atoms with Gasteiger partial charge in [0, 0.05) is 12.5 Å². The van der Waals surface area contributed by atoms with Gasteiger partial charge < -0.3 is 9.47 Å². The smallest absolute Gasteiger partial charge is 0.311 e. The van der Waals surface area contributed by atoms with E-state index in [2.05, 4.69) is 16.3 Å². The van der Waals surface area contributed by atoms with Gasteiger partial charge in [0.25, 0.3) is 5.88 Å². The van der Waals surface area contributed by atoms with E-state index in [1.54, 1.807) is 0 Å². The van der Waals surface area contributed by atoms with Gasteiger partial charge in [0.15, 0.2) is 10.9 Å². The number of rotatable bonds is 6. The highest BCUT2D eigenvalue weighted by Gasteiger charge is 2.28. The molecule has 6 heteroatoms. The van der Waals surface area contributed by atoms with Crippen molar-refractivity contribution in [1.29, 1.82) is 0 Å². The van der Waals surface area contributed by atoms with Crippen molar-refractivity contribution in [2.45, 2.75) is 46.0 Å². The van der Waals surface area contributed by atoms with Crippen LogP contribution < -0.4 is 9.47 Å². The van der Waals surface area contributed by atoms with Crippen molar-refractivity contribution in [2.24, 2.45) is 5.92 Å². The largest absolute Gasteiger partial charge is 0.434 e. The van der Waals surface area contributed by atoms with Crippen LogP contribution >= 0.6 is 11.6 Å². The minimum absolute atomic E-state index is 0.145. The molecule has 3 rings (SSSR count). The first-order valence-corrected chi connectivity index (χ1v) is 8.83. The Bertz CT molecular complexity index is 788. The van der Waals surface area contributed by atoms with E-state index in [0.29, 0.717) is 12.3 Å². The predicted molar refractivity (Wildman–Crippen MR) is 95.4 cm³/mol. The molecule has 1 aliphatic carbocycles. The molecule has 0 aliphatic heterocycles. The number of carbonyl (C=O) groups is 1. The van der Waals surface area contributed by atoms with E-state index in [4.69, 9.17) is 21.1 Å². The van der Waals surface area contributed by atoms with Crippen molar-refractivity contribution in [1.82, 2.24) is 10.2 Å². The van der Waals surface area contributed by atoms with E-state index in [0.717, 1.165) is 29.7 Å². The summed E-state index contributed by atoms with van der Waals surface area (Å²) in [6.45, 7) is 5.88. The highest BCUT2D eigenvalue weighted by molar-refractivity contribution is 6.29. The van der Waals surface area contributed by atoms with Gasteiger partial charge in [-0.15, -0.1) is 10.2 Å². The number of esters is 1. The summed E-state index contributed by atoms with van der Waals surface area (Å²) in [6.07, 6.45) is 2.61. The summed E-state index contributed by atoms with van der Waals surface area (Å²) in [5, 5.41) is 7.95. The van der Waals surface area contributed by atoms with Gasteiger partial charge in [-0.05, 0) is 42.7 Å². The zero-order valence-electron chi connectivity index (χ0n) is 14.6. The number of hydrogen-bond donors (Lipinski definition) is 0. The summed E-state index contributed by atoms with van der Waals surface area (Å²) in [4.78, 5) is 12.0. The van der Waals surface area contributed by atoms with Crippen molar-refractivity contribution in [2.75, 3.05) is 0 Å². The van der Waals surface area contributed by atoms with E-state index in [-0.39, 0.29) is 28.7 Å². The molecule has 0 bridgehead atoms. The number of nitrogens with zero attached hydrogens (tertiary/aromatic N) is 2. The number of benzene rings is 1. The van der Waals surface area contributed by atoms with Gasteiger partial charge in [0.2, 0.25) is 0 Å². The maximum absolute atomic E-state index is 12.0. The van der Waals surface area contributed by atoms with Crippen LogP contribution in [0.4, 0.5) is 0 Å². The van der Waals surface area contributed by atoms with E-state index in [1.807, 2.05) is 32.9 Å². The van der Waals surface area contributed by atoms with Crippen molar-refractivity contribution < 1.29 is 14.3 Å². The van der Waals surface area contributed by atoms with Crippen LogP contribution in [0.3, 0.4) is 0 Å². The van der Waals surface area contributed by atoms with Crippen molar-refractivity contribution in [3.8, 4) is 17.4 Å². The normalized spacial score (nSPS) is 13.8. The lowest BCUT2D eigenvalue weighted by Gasteiger charge is -2.15. The Morgan fingerprint density at radius 2 is 2.08 bits per heavy atom. The van der Waals surface area contributed by atoms with E-state index >= 15 is 0 Å². The molecule has 2 aromatic rings. The molecule has 1 aliphatic rings. The second kappa shape index (κ2) is 7.40. The molecule has 0 radical (unpaired) electrons. The molecule has 1 fully saturated rings. The highest BCUT2D eigenvalue weighted by atomic mass is 35.5. The lowest BCUT2D eigenvalue weighted by molar-refractivity contribution is -0.135. The fourth-order valence-corrected chi connectivity index (χ4v) is 2.75. The molecular weight excluding hydrogens is 340 g/mol. The molecule has 1 saturated carbocycles. The maximum Gasteiger partial charge on any atom is 0.311 e. The summed E-state index contributed by atoms with van der Waals surface area (Å²) >= 11 is 5.91. The third-order valence-corrected chi connectivity index (χ3v) is 4.14. The van der Waals surface area contributed by atoms with Gasteiger partial charge >= 0.3 is 5.97 Å². The number of halogens is 1. The van der Waals surface area contributed by atoms with Gasteiger partial charge in [0.05, 0.1) is 0 Å². The number of ether oxygens (including phenoxy) is 2. The predicted octanol–water partition coefficient (Wildman–Crippen LogP) is 5.06. The molecule has 5 nitrogen and oxygen atoms in total. The molecular formula is C19H21ClN2O3. The Morgan fingerprint density at radius 1 is 1.32 bits per heavy atom. The molecule has 1 aromatic carbocycles. The summed E-state index contributed by atoms with van der Waals surface area (Å²) in [6, 6.07) is 7.52. The SMILES string of the molecule is Cc1cccc(C2CC2)c1Oc1nnc(Cl)cc1OC(=O)CC(C)C. The number of aromatic nitrogens is 2. The summed E-state index contributed by atoms with van der Waals surface area (Å²) < 4.78 is 11.4. The third-order valence-electron chi connectivity index (χ3n) is 3.95. The second-order valence-electron chi connectivity index (χ2n) is 6.78. The van der Waals surface area contributed by atoms with Crippen LogP contribution in [0.15, 0.2) is 24.3 Å².